The van der Waals surface area contributed by atoms with E-state index in [4.69, 9.17) is 10.5 Å². The number of nitrogen functional groups attached to an aromatic ring is 1. The highest BCUT2D eigenvalue weighted by molar-refractivity contribution is 5.96. The SMILES string of the molecule is CC1OCCC1(C)NC(=O)c1c(F)ccc(N)c1F. The van der Waals surface area contributed by atoms with Crippen molar-refractivity contribution in [1.29, 1.82) is 0 Å². The molecule has 2 atom stereocenters. The fraction of sp³-hybridized carbons (Fsp3) is 0.462. The fourth-order valence-electron chi connectivity index (χ4n) is 2.10. The molecule has 4 nitrogen and oxygen atoms in total. The Morgan fingerprint density at radius 2 is 2.21 bits per heavy atom. The second kappa shape index (κ2) is 4.77. The Morgan fingerprint density at radius 3 is 2.79 bits per heavy atom. The molecule has 0 aromatic heterocycles. The molecule has 1 fully saturated rings. The summed E-state index contributed by atoms with van der Waals surface area (Å²) in [5.74, 6) is -2.78. The van der Waals surface area contributed by atoms with Crippen molar-refractivity contribution in [2.24, 2.45) is 0 Å². The van der Waals surface area contributed by atoms with Gasteiger partial charge in [0.2, 0.25) is 0 Å². The van der Waals surface area contributed by atoms with E-state index < -0.39 is 28.6 Å². The minimum Gasteiger partial charge on any atom is -0.396 e. The van der Waals surface area contributed by atoms with E-state index in [9.17, 15) is 13.6 Å². The Kier molecular flexibility index (Phi) is 3.45. The molecule has 2 rings (SSSR count). The first-order valence-electron chi connectivity index (χ1n) is 6.03. The molecule has 0 spiro atoms. The molecule has 1 aliphatic rings. The highest BCUT2D eigenvalue weighted by atomic mass is 19.1. The van der Waals surface area contributed by atoms with E-state index in [0.717, 1.165) is 12.1 Å². The number of anilines is 1. The summed E-state index contributed by atoms with van der Waals surface area (Å²) in [6, 6.07) is 2.06. The maximum absolute atomic E-state index is 13.8. The molecular weight excluding hydrogens is 254 g/mol. The predicted molar refractivity (Wildman–Crippen MR) is 66.7 cm³/mol. The van der Waals surface area contributed by atoms with Crippen LogP contribution in [-0.2, 0) is 4.74 Å². The molecule has 0 aliphatic carbocycles. The second-order valence-corrected chi connectivity index (χ2v) is 4.96. The van der Waals surface area contributed by atoms with Crippen LogP contribution in [0.2, 0.25) is 0 Å². The third-order valence-electron chi connectivity index (χ3n) is 3.63. The highest BCUT2D eigenvalue weighted by Gasteiger charge is 2.39. The van der Waals surface area contributed by atoms with E-state index in [-0.39, 0.29) is 11.8 Å². The Hall–Kier alpha value is -1.69. The van der Waals surface area contributed by atoms with E-state index in [1.165, 1.54) is 0 Å². The van der Waals surface area contributed by atoms with Gasteiger partial charge in [-0.15, -0.1) is 0 Å². The molecule has 1 aliphatic heterocycles. The summed E-state index contributed by atoms with van der Waals surface area (Å²) in [6.45, 7) is 4.09. The van der Waals surface area contributed by atoms with Gasteiger partial charge in [-0.25, -0.2) is 8.78 Å². The van der Waals surface area contributed by atoms with Crippen LogP contribution in [-0.4, -0.2) is 24.2 Å². The molecular formula is C13H16F2N2O2. The van der Waals surface area contributed by atoms with Gasteiger partial charge in [-0.2, -0.15) is 0 Å². The van der Waals surface area contributed by atoms with E-state index in [0.29, 0.717) is 13.0 Å². The average Bonchev–Trinajstić information content (AvgIpc) is 2.64. The number of carbonyl (C=O) groups is 1. The van der Waals surface area contributed by atoms with E-state index in [1.54, 1.807) is 13.8 Å². The van der Waals surface area contributed by atoms with Crippen molar-refractivity contribution in [2.75, 3.05) is 12.3 Å². The zero-order chi connectivity index (χ0) is 14.2. The van der Waals surface area contributed by atoms with Crippen LogP contribution < -0.4 is 11.1 Å². The topological polar surface area (TPSA) is 64.3 Å². The first-order chi connectivity index (χ1) is 8.85. The number of rotatable bonds is 2. The first-order valence-corrected chi connectivity index (χ1v) is 6.03. The third-order valence-corrected chi connectivity index (χ3v) is 3.63. The molecule has 6 heteroatoms. The van der Waals surface area contributed by atoms with Crippen molar-refractivity contribution in [1.82, 2.24) is 5.32 Å². The van der Waals surface area contributed by atoms with Crippen LogP contribution in [0.3, 0.4) is 0 Å². The molecule has 1 aromatic rings. The number of benzene rings is 1. The molecule has 2 unspecified atom stereocenters. The molecule has 1 amide bonds. The van der Waals surface area contributed by atoms with Gasteiger partial charge >= 0.3 is 0 Å². The molecule has 1 saturated heterocycles. The minimum atomic E-state index is -1.03. The van der Waals surface area contributed by atoms with Gasteiger partial charge in [0, 0.05) is 6.61 Å². The van der Waals surface area contributed by atoms with E-state index in [2.05, 4.69) is 5.32 Å². The van der Waals surface area contributed by atoms with Crippen LogP contribution >= 0.6 is 0 Å². The number of carbonyl (C=O) groups excluding carboxylic acids is 1. The summed E-state index contributed by atoms with van der Waals surface area (Å²) in [5, 5.41) is 2.63. The lowest BCUT2D eigenvalue weighted by molar-refractivity contribution is 0.0722. The number of hydrogen-bond acceptors (Lipinski definition) is 3. The Bertz CT molecular complexity index is 522. The zero-order valence-corrected chi connectivity index (χ0v) is 10.8. The van der Waals surface area contributed by atoms with Crippen molar-refractivity contribution in [3.63, 3.8) is 0 Å². The van der Waals surface area contributed by atoms with Gasteiger partial charge in [0.1, 0.15) is 11.4 Å². The second-order valence-electron chi connectivity index (χ2n) is 4.96. The molecule has 0 radical (unpaired) electrons. The zero-order valence-electron chi connectivity index (χ0n) is 10.8. The number of amides is 1. The smallest absolute Gasteiger partial charge is 0.257 e. The minimum absolute atomic E-state index is 0.219. The highest BCUT2D eigenvalue weighted by Crippen LogP contribution is 2.26. The van der Waals surface area contributed by atoms with Gasteiger partial charge in [0.15, 0.2) is 5.82 Å². The van der Waals surface area contributed by atoms with Crippen molar-refractivity contribution < 1.29 is 18.3 Å². The largest absolute Gasteiger partial charge is 0.396 e. The summed E-state index contributed by atoms with van der Waals surface area (Å²) in [6.07, 6.45) is 0.370. The maximum atomic E-state index is 13.8. The number of nitrogens with one attached hydrogen (secondary N) is 1. The lowest BCUT2D eigenvalue weighted by Gasteiger charge is -2.29. The molecule has 1 aromatic carbocycles. The molecule has 19 heavy (non-hydrogen) atoms. The summed E-state index contributed by atoms with van der Waals surface area (Å²) in [5.41, 5.74) is 3.80. The lowest BCUT2D eigenvalue weighted by Crippen LogP contribution is -2.51. The van der Waals surface area contributed by atoms with Crippen LogP contribution in [0.4, 0.5) is 14.5 Å². The van der Waals surface area contributed by atoms with Gasteiger partial charge in [-0.3, -0.25) is 4.79 Å². The fourth-order valence-corrected chi connectivity index (χ4v) is 2.10. The lowest BCUT2D eigenvalue weighted by atomic mass is 9.94. The first kappa shape index (κ1) is 13.7. The number of halogens is 2. The third kappa shape index (κ3) is 2.40. The van der Waals surface area contributed by atoms with Crippen molar-refractivity contribution >= 4 is 11.6 Å². The Labute approximate surface area is 109 Å². The summed E-state index contributed by atoms with van der Waals surface area (Å²) in [7, 11) is 0. The molecule has 1 heterocycles. The van der Waals surface area contributed by atoms with Gasteiger partial charge in [0.25, 0.3) is 5.91 Å². The molecule has 0 bridgehead atoms. The van der Waals surface area contributed by atoms with Crippen molar-refractivity contribution in [3.8, 4) is 0 Å². The van der Waals surface area contributed by atoms with E-state index in [1.807, 2.05) is 0 Å². The summed E-state index contributed by atoms with van der Waals surface area (Å²) in [4.78, 5) is 12.0. The maximum Gasteiger partial charge on any atom is 0.257 e. The van der Waals surface area contributed by atoms with Crippen molar-refractivity contribution in [3.05, 3.63) is 29.3 Å². The van der Waals surface area contributed by atoms with Crippen LogP contribution in [0.25, 0.3) is 0 Å². The Morgan fingerprint density at radius 1 is 1.53 bits per heavy atom. The quantitative estimate of drug-likeness (QED) is 0.806. The summed E-state index contributed by atoms with van der Waals surface area (Å²) >= 11 is 0. The monoisotopic (exact) mass is 270 g/mol. The normalized spacial score (nSPS) is 26.4. The van der Waals surface area contributed by atoms with Crippen LogP contribution in [0, 0.1) is 11.6 Å². The van der Waals surface area contributed by atoms with Crippen LogP contribution in [0.1, 0.15) is 30.6 Å². The Balaban J connectivity index is 2.28. The molecule has 3 N–H and O–H groups in total. The predicted octanol–water partition coefficient (Wildman–Crippen LogP) is 1.84. The van der Waals surface area contributed by atoms with Crippen LogP contribution in [0.15, 0.2) is 12.1 Å². The summed E-state index contributed by atoms with van der Waals surface area (Å²) < 4.78 is 32.7. The van der Waals surface area contributed by atoms with Gasteiger partial charge in [-0.05, 0) is 32.4 Å². The standard InChI is InChI=1S/C13H16F2N2O2/c1-7-13(2,5-6-19-7)17-12(18)10-8(14)3-4-9(16)11(10)15/h3-4,7H,5-6,16H2,1-2H3,(H,17,18). The van der Waals surface area contributed by atoms with Gasteiger partial charge < -0.3 is 15.8 Å². The molecule has 104 valence electrons. The number of nitrogens with two attached hydrogens (primary N) is 1. The van der Waals surface area contributed by atoms with E-state index >= 15 is 0 Å². The van der Waals surface area contributed by atoms with Crippen LogP contribution in [0.5, 0.6) is 0 Å². The van der Waals surface area contributed by atoms with Gasteiger partial charge in [0.05, 0.1) is 17.3 Å². The van der Waals surface area contributed by atoms with Crippen molar-refractivity contribution in [2.45, 2.75) is 31.9 Å². The number of ether oxygens (including phenoxy) is 1. The van der Waals surface area contributed by atoms with Gasteiger partial charge in [-0.1, -0.05) is 0 Å². The molecule has 0 saturated carbocycles. The number of hydrogen-bond donors (Lipinski definition) is 2. The average molecular weight is 270 g/mol.